The maximum Gasteiger partial charge on any atom is 0.0714 e. The molecule has 0 amide bonds. The van der Waals surface area contributed by atoms with E-state index in [2.05, 4.69) is 266 Å². The Kier molecular flexibility index (Phi) is 9.13. The van der Waals surface area contributed by atoms with Crippen LogP contribution in [-0.2, 0) is 5.41 Å². The normalized spacial score (nSPS) is 12.5. The van der Waals surface area contributed by atoms with E-state index < -0.39 is 5.41 Å². The van der Waals surface area contributed by atoms with Crippen molar-refractivity contribution in [2.75, 3.05) is 4.90 Å². The van der Waals surface area contributed by atoms with Crippen LogP contribution in [0.15, 0.2) is 261 Å². The lowest BCUT2D eigenvalue weighted by molar-refractivity contribution is 0.768. The van der Waals surface area contributed by atoms with Crippen LogP contribution in [0.4, 0.5) is 17.1 Å². The molecule has 0 heterocycles. The number of benzene rings is 11. The number of anilines is 3. The van der Waals surface area contributed by atoms with Gasteiger partial charge < -0.3 is 4.90 Å². The Morgan fingerprint density at radius 3 is 1.41 bits per heavy atom. The molecule has 0 unspecified atom stereocenters. The molecule has 0 spiro atoms. The second kappa shape index (κ2) is 15.6. The van der Waals surface area contributed by atoms with Crippen molar-refractivity contribution in [2.45, 2.75) is 5.41 Å². The molecule has 64 heavy (non-hydrogen) atoms. The molecule has 1 nitrogen and oxygen atoms in total. The Labute approximate surface area is 374 Å². The number of hydrogen-bond acceptors (Lipinski definition) is 1. The smallest absolute Gasteiger partial charge is 0.0714 e. The molecule has 11 aromatic carbocycles. The maximum atomic E-state index is 2.53. The summed E-state index contributed by atoms with van der Waals surface area (Å²) >= 11 is 0. The molecule has 1 aliphatic rings. The highest BCUT2D eigenvalue weighted by molar-refractivity contribution is 5.99. The molecular weight excluding hydrogens is 771 g/mol. The second-order valence-electron chi connectivity index (χ2n) is 16.8. The van der Waals surface area contributed by atoms with Gasteiger partial charge in [0, 0.05) is 16.8 Å². The third-order valence-electron chi connectivity index (χ3n) is 13.3. The summed E-state index contributed by atoms with van der Waals surface area (Å²) < 4.78 is 0. The fourth-order valence-electron chi connectivity index (χ4n) is 10.4. The summed E-state index contributed by atoms with van der Waals surface area (Å²) in [4.78, 5) is 2.53. The SMILES string of the molecule is c1ccc(-c2ccccc2N(c2ccc3c(c2)C(c2ccccc2)(c2ccccc2)c2ccccc2-3)c2cc(-c3ccc4ccccc4c3)ccc2-c2ccc3ccccc3c2)cc1. The van der Waals surface area contributed by atoms with Gasteiger partial charge in [0.15, 0.2) is 0 Å². The van der Waals surface area contributed by atoms with Gasteiger partial charge in [-0.15, -0.1) is 0 Å². The average Bonchev–Trinajstić information content (AvgIpc) is 3.67. The monoisotopic (exact) mass is 813 g/mol. The predicted octanol–water partition coefficient (Wildman–Crippen LogP) is 16.8. The number of hydrogen-bond donors (Lipinski definition) is 0. The third kappa shape index (κ3) is 6.16. The lowest BCUT2D eigenvalue weighted by atomic mass is 9.67. The Morgan fingerprint density at radius 1 is 0.250 bits per heavy atom. The summed E-state index contributed by atoms with van der Waals surface area (Å²) in [7, 11) is 0. The largest absolute Gasteiger partial charge is 0.309 e. The molecule has 300 valence electrons. The lowest BCUT2D eigenvalue weighted by Gasteiger charge is -2.35. The van der Waals surface area contributed by atoms with Gasteiger partial charge in [-0.25, -0.2) is 0 Å². The molecule has 0 aromatic heterocycles. The molecule has 0 saturated carbocycles. The van der Waals surface area contributed by atoms with Crippen LogP contribution in [0.2, 0.25) is 0 Å². The van der Waals surface area contributed by atoms with Gasteiger partial charge in [0.25, 0.3) is 0 Å². The minimum Gasteiger partial charge on any atom is -0.309 e. The third-order valence-corrected chi connectivity index (χ3v) is 13.3. The van der Waals surface area contributed by atoms with Crippen molar-refractivity contribution in [1.29, 1.82) is 0 Å². The fraction of sp³-hybridized carbons (Fsp3) is 0.0159. The van der Waals surface area contributed by atoms with Crippen molar-refractivity contribution in [3.05, 3.63) is 283 Å². The molecule has 0 saturated heterocycles. The highest BCUT2D eigenvalue weighted by atomic mass is 15.1. The van der Waals surface area contributed by atoms with Gasteiger partial charge in [-0.05, 0) is 114 Å². The zero-order valence-electron chi connectivity index (χ0n) is 35.3. The lowest BCUT2D eigenvalue weighted by Crippen LogP contribution is -2.28. The number of fused-ring (bicyclic) bond motifs is 5. The quantitative estimate of drug-likeness (QED) is 0.148. The molecule has 0 bridgehead atoms. The first-order valence-corrected chi connectivity index (χ1v) is 22.2. The van der Waals surface area contributed by atoms with Gasteiger partial charge in [0.1, 0.15) is 0 Å². The van der Waals surface area contributed by atoms with Gasteiger partial charge in [0.2, 0.25) is 0 Å². The molecule has 1 heteroatoms. The first-order valence-electron chi connectivity index (χ1n) is 22.2. The number of nitrogens with zero attached hydrogens (tertiary/aromatic N) is 1. The standard InChI is InChI=1S/C63H43N/c1-4-20-46(21-5-1)55-28-15-17-31-61(55)64(54-37-39-58-57-29-14-16-30-59(57)63(60(58)43-54,52-24-6-2-7-25-52)53-26-8-3-9-27-53)62-42-50(49-34-32-44-18-10-12-22-47(44)40-49)36-38-56(62)51-35-33-45-19-11-13-23-48(45)41-51/h1-43H. The highest BCUT2D eigenvalue weighted by Crippen LogP contribution is 2.58. The molecular formula is C63H43N. The fourth-order valence-corrected chi connectivity index (χ4v) is 10.4. The van der Waals surface area contributed by atoms with Crippen molar-refractivity contribution >= 4 is 38.6 Å². The first-order chi connectivity index (χ1) is 31.7. The van der Waals surface area contributed by atoms with E-state index in [1.807, 2.05) is 0 Å². The van der Waals surface area contributed by atoms with Crippen LogP contribution >= 0.6 is 0 Å². The van der Waals surface area contributed by atoms with E-state index in [1.165, 1.54) is 60.5 Å². The molecule has 0 fully saturated rings. The van der Waals surface area contributed by atoms with Gasteiger partial charge in [0.05, 0.1) is 16.8 Å². The average molecular weight is 814 g/mol. The molecule has 1 aliphatic carbocycles. The van der Waals surface area contributed by atoms with E-state index in [0.717, 1.165) is 44.9 Å². The molecule has 11 aromatic rings. The summed E-state index contributed by atoms with van der Waals surface area (Å²) in [6, 6.07) is 96.2. The van der Waals surface area contributed by atoms with E-state index in [1.54, 1.807) is 0 Å². The first kappa shape index (κ1) is 37.5. The van der Waals surface area contributed by atoms with Crippen molar-refractivity contribution in [3.63, 3.8) is 0 Å². The Hall–Kier alpha value is -8.26. The summed E-state index contributed by atoms with van der Waals surface area (Å²) in [5.41, 5.74) is 17.3. The summed E-state index contributed by atoms with van der Waals surface area (Å²) in [6.45, 7) is 0. The summed E-state index contributed by atoms with van der Waals surface area (Å²) in [6.07, 6.45) is 0. The van der Waals surface area contributed by atoms with Crippen molar-refractivity contribution in [1.82, 2.24) is 0 Å². The van der Waals surface area contributed by atoms with E-state index in [0.29, 0.717) is 0 Å². The molecule has 0 atom stereocenters. The van der Waals surface area contributed by atoms with Crippen LogP contribution in [0.25, 0.3) is 66.1 Å². The van der Waals surface area contributed by atoms with Gasteiger partial charge in [-0.1, -0.05) is 224 Å². The van der Waals surface area contributed by atoms with Crippen molar-refractivity contribution < 1.29 is 0 Å². The molecule has 12 rings (SSSR count). The second-order valence-corrected chi connectivity index (χ2v) is 16.8. The molecule has 0 radical (unpaired) electrons. The molecule has 0 N–H and O–H groups in total. The Bertz CT molecular complexity index is 3460. The van der Waals surface area contributed by atoms with Gasteiger partial charge >= 0.3 is 0 Å². The number of rotatable bonds is 8. The van der Waals surface area contributed by atoms with Crippen molar-refractivity contribution in [3.8, 4) is 44.5 Å². The minimum absolute atomic E-state index is 0.552. The molecule has 0 aliphatic heterocycles. The Morgan fingerprint density at radius 2 is 0.719 bits per heavy atom. The topological polar surface area (TPSA) is 3.24 Å². The van der Waals surface area contributed by atoms with E-state index in [9.17, 15) is 0 Å². The Balaban J connectivity index is 1.18. The van der Waals surface area contributed by atoms with Crippen LogP contribution in [0, 0.1) is 0 Å². The van der Waals surface area contributed by atoms with Gasteiger partial charge in [-0.2, -0.15) is 0 Å². The van der Waals surface area contributed by atoms with Crippen LogP contribution in [0.5, 0.6) is 0 Å². The summed E-state index contributed by atoms with van der Waals surface area (Å²) in [5.74, 6) is 0. The van der Waals surface area contributed by atoms with E-state index in [-0.39, 0.29) is 0 Å². The van der Waals surface area contributed by atoms with Crippen LogP contribution < -0.4 is 4.90 Å². The summed E-state index contributed by atoms with van der Waals surface area (Å²) in [5, 5.41) is 4.90. The van der Waals surface area contributed by atoms with Crippen LogP contribution in [0.3, 0.4) is 0 Å². The van der Waals surface area contributed by atoms with Crippen LogP contribution in [0.1, 0.15) is 22.3 Å². The zero-order chi connectivity index (χ0) is 42.5. The number of para-hydroxylation sites is 1. The predicted molar refractivity (Wildman–Crippen MR) is 270 cm³/mol. The van der Waals surface area contributed by atoms with E-state index >= 15 is 0 Å². The van der Waals surface area contributed by atoms with Crippen LogP contribution in [-0.4, -0.2) is 0 Å². The minimum atomic E-state index is -0.552. The van der Waals surface area contributed by atoms with Crippen molar-refractivity contribution in [2.24, 2.45) is 0 Å². The van der Waals surface area contributed by atoms with Gasteiger partial charge in [-0.3, -0.25) is 0 Å². The maximum absolute atomic E-state index is 2.53. The van der Waals surface area contributed by atoms with E-state index in [4.69, 9.17) is 0 Å². The highest BCUT2D eigenvalue weighted by Gasteiger charge is 2.46. The zero-order valence-corrected chi connectivity index (χ0v) is 35.3.